The number of hydrogen-bond acceptors (Lipinski definition) is 4. The van der Waals surface area contributed by atoms with Crippen LogP contribution in [0.5, 0.6) is 0 Å². The molecule has 90 valence electrons. The Hall–Kier alpha value is -1.03. The van der Waals surface area contributed by atoms with Crippen molar-refractivity contribution in [3.05, 3.63) is 0 Å². The van der Waals surface area contributed by atoms with Crippen LogP contribution in [0.25, 0.3) is 0 Å². The number of aliphatic hydroxyl groups excluding tert-OH is 1. The smallest absolute Gasteiger partial charge is 0.132 e. The van der Waals surface area contributed by atoms with Gasteiger partial charge in [0.05, 0.1) is 6.61 Å². The zero-order valence-corrected chi connectivity index (χ0v) is 10.2. The SMILES string of the molecule is C=O.CC(=O)C(C)C.CC(C)(C=O)CO. The minimum atomic E-state index is -0.542. The van der Waals surface area contributed by atoms with Gasteiger partial charge in [0.1, 0.15) is 18.9 Å². The highest BCUT2D eigenvalue weighted by Crippen LogP contribution is 2.06. The van der Waals surface area contributed by atoms with Crippen LogP contribution in [0.4, 0.5) is 0 Å². The molecular weight excluding hydrogens is 196 g/mol. The molecule has 0 aromatic heterocycles. The molecule has 0 saturated heterocycles. The third-order valence-electron chi connectivity index (χ3n) is 1.54. The summed E-state index contributed by atoms with van der Waals surface area (Å²) < 4.78 is 0. The van der Waals surface area contributed by atoms with E-state index in [9.17, 15) is 9.59 Å². The van der Waals surface area contributed by atoms with Crippen LogP contribution in [0.3, 0.4) is 0 Å². The van der Waals surface area contributed by atoms with Crippen molar-refractivity contribution >= 4 is 18.9 Å². The van der Waals surface area contributed by atoms with Gasteiger partial charge in [0, 0.05) is 11.3 Å². The van der Waals surface area contributed by atoms with Crippen LogP contribution < -0.4 is 0 Å². The molecule has 0 bridgehead atoms. The second kappa shape index (κ2) is 11.0. The van der Waals surface area contributed by atoms with E-state index in [1.165, 1.54) is 0 Å². The van der Waals surface area contributed by atoms with Gasteiger partial charge in [-0.15, -0.1) is 0 Å². The highest BCUT2D eigenvalue weighted by molar-refractivity contribution is 5.77. The average molecular weight is 218 g/mol. The Balaban J connectivity index is -0.000000166. The van der Waals surface area contributed by atoms with Gasteiger partial charge >= 0.3 is 0 Å². The van der Waals surface area contributed by atoms with Gasteiger partial charge < -0.3 is 14.7 Å². The van der Waals surface area contributed by atoms with Crippen molar-refractivity contribution in [2.24, 2.45) is 11.3 Å². The fourth-order valence-electron chi connectivity index (χ4n) is 0.0373. The molecule has 0 saturated carbocycles. The first-order valence-corrected chi connectivity index (χ1v) is 4.63. The van der Waals surface area contributed by atoms with E-state index >= 15 is 0 Å². The van der Waals surface area contributed by atoms with Gasteiger partial charge in [0.25, 0.3) is 0 Å². The molecule has 0 aliphatic heterocycles. The number of Topliss-reactive ketones (excluding diaryl/α,β-unsaturated/α-hetero) is 1. The lowest BCUT2D eigenvalue weighted by atomic mass is 9.98. The number of rotatable bonds is 3. The van der Waals surface area contributed by atoms with Crippen LogP contribution in [-0.2, 0) is 14.4 Å². The van der Waals surface area contributed by atoms with Crippen molar-refractivity contribution in [1.29, 1.82) is 0 Å². The van der Waals surface area contributed by atoms with Crippen molar-refractivity contribution in [2.45, 2.75) is 34.6 Å². The summed E-state index contributed by atoms with van der Waals surface area (Å²) in [4.78, 5) is 28.0. The van der Waals surface area contributed by atoms with E-state index < -0.39 is 5.41 Å². The van der Waals surface area contributed by atoms with E-state index in [2.05, 4.69) is 0 Å². The fourth-order valence-corrected chi connectivity index (χ4v) is 0.0373. The number of carbonyl (C=O) groups is 3. The van der Waals surface area contributed by atoms with Crippen molar-refractivity contribution in [3.63, 3.8) is 0 Å². The van der Waals surface area contributed by atoms with Crippen LogP contribution in [0.2, 0.25) is 0 Å². The lowest BCUT2D eigenvalue weighted by Gasteiger charge is -2.09. The molecule has 0 aliphatic rings. The lowest BCUT2D eigenvalue weighted by Crippen LogP contribution is -2.17. The van der Waals surface area contributed by atoms with Crippen molar-refractivity contribution < 1.29 is 19.5 Å². The molecule has 4 heteroatoms. The Morgan fingerprint density at radius 3 is 1.67 bits per heavy atom. The summed E-state index contributed by atoms with van der Waals surface area (Å²) in [7, 11) is 0. The summed E-state index contributed by atoms with van der Waals surface area (Å²) in [6.45, 7) is 10.7. The molecular formula is C11H22O4. The van der Waals surface area contributed by atoms with Crippen LogP contribution >= 0.6 is 0 Å². The van der Waals surface area contributed by atoms with Gasteiger partial charge in [0.15, 0.2) is 0 Å². The molecule has 0 fully saturated rings. The zero-order valence-electron chi connectivity index (χ0n) is 10.2. The number of ketones is 1. The highest BCUT2D eigenvalue weighted by atomic mass is 16.3. The summed E-state index contributed by atoms with van der Waals surface area (Å²) in [5.41, 5.74) is -0.542. The highest BCUT2D eigenvalue weighted by Gasteiger charge is 2.12. The maximum Gasteiger partial charge on any atom is 0.132 e. The summed E-state index contributed by atoms with van der Waals surface area (Å²) in [5.74, 6) is 0.472. The van der Waals surface area contributed by atoms with Crippen molar-refractivity contribution in [1.82, 2.24) is 0 Å². The Morgan fingerprint density at radius 2 is 1.67 bits per heavy atom. The molecule has 0 unspecified atom stereocenters. The third kappa shape index (κ3) is 19.4. The zero-order chi connectivity index (χ0) is 13.1. The number of carbonyl (C=O) groups excluding carboxylic acids is 3. The molecule has 0 heterocycles. The summed E-state index contributed by atoms with van der Waals surface area (Å²) in [5, 5.41) is 8.36. The number of aldehydes is 1. The molecule has 0 spiro atoms. The van der Waals surface area contributed by atoms with Crippen LogP contribution in [0, 0.1) is 11.3 Å². The minimum absolute atomic E-state index is 0.0729. The average Bonchev–Trinajstić information content (AvgIpc) is 2.21. The van der Waals surface area contributed by atoms with Gasteiger partial charge in [-0.3, -0.25) is 4.79 Å². The van der Waals surface area contributed by atoms with Gasteiger partial charge in [-0.25, -0.2) is 0 Å². The molecule has 15 heavy (non-hydrogen) atoms. The molecule has 1 N–H and O–H groups in total. The second-order valence-electron chi connectivity index (χ2n) is 4.03. The summed E-state index contributed by atoms with van der Waals surface area (Å²) >= 11 is 0. The molecule has 0 aromatic carbocycles. The maximum atomic E-state index is 10.1. The molecule has 0 amide bonds. The minimum Gasteiger partial charge on any atom is -0.395 e. The van der Waals surface area contributed by atoms with Gasteiger partial charge in [-0.05, 0) is 6.92 Å². The van der Waals surface area contributed by atoms with Crippen LogP contribution in [0.1, 0.15) is 34.6 Å². The maximum absolute atomic E-state index is 10.1. The molecule has 0 radical (unpaired) electrons. The number of aliphatic hydroxyl groups is 1. The summed E-state index contributed by atoms with van der Waals surface area (Å²) in [6, 6.07) is 0. The topological polar surface area (TPSA) is 71.4 Å². The van der Waals surface area contributed by atoms with Crippen LogP contribution in [-0.4, -0.2) is 30.6 Å². The van der Waals surface area contributed by atoms with Gasteiger partial charge in [-0.2, -0.15) is 0 Å². The first kappa shape index (κ1) is 19.5. The van der Waals surface area contributed by atoms with E-state index in [0.717, 1.165) is 6.29 Å². The van der Waals surface area contributed by atoms with Gasteiger partial charge in [0.2, 0.25) is 0 Å². The largest absolute Gasteiger partial charge is 0.395 e. The standard InChI is InChI=1S/C5H10O2.C5H10O.CH2O/c1-5(2,3-6)4-7;1-4(2)5(3)6;1-2/h3,7H,4H2,1-2H3;4H,1-3H3;1H2. The van der Waals surface area contributed by atoms with E-state index in [0.29, 0.717) is 0 Å². The van der Waals surface area contributed by atoms with E-state index in [1.807, 2.05) is 20.6 Å². The summed E-state index contributed by atoms with van der Waals surface area (Å²) in [6.07, 6.45) is 0.743. The predicted molar refractivity (Wildman–Crippen MR) is 59.6 cm³/mol. The second-order valence-corrected chi connectivity index (χ2v) is 4.03. The predicted octanol–water partition coefficient (Wildman–Crippen LogP) is 1.25. The Labute approximate surface area is 91.7 Å². The van der Waals surface area contributed by atoms with E-state index in [-0.39, 0.29) is 18.3 Å². The monoisotopic (exact) mass is 218 g/mol. The third-order valence-corrected chi connectivity index (χ3v) is 1.54. The fraction of sp³-hybridized carbons (Fsp3) is 0.727. The Kier molecular flexibility index (Phi) is 14.4. The molecule has 0 rings (SSSR count). The Bertz CT molecular complexity index is 173. The van der Waals surface area contributed by atoms with Gasteiger partial charge in [-0.1, -0.05) is 27.7 Å². The molecule has 0 atom stereocenters. The first-order chi connectivity index (χ1) is 6.76. The lowest BCUT2D eigenvalue weighted by molar-refractivity contribution is -0.119. The van der Waals surface area contributed by atoms with E-state index in [1.54, 1.807) is 20.8 Å². The first-order valence-electron chi connectivity index (χ1n) is 4.63. The van der Waals surface area contributed by atoms with E-state index in [4.69, 9.17) is 9.90 Å². The molecule has 4 nitrogen and oxygen atoms in total. The number of hydrogen-bond donors (Lipinski definition) is 1. The normalized spacial score (nSPS) is 9.27. The quantitative estimate of drug-likeness (QED) is 0.724. The van der Waals surface area contributed by atoms with Crippen molar-refractivity contribution in [3.8, 4) is 0 Å². The Morgan fingerprint density at radius 1 is 1.40 bits per heavy atom. The molecule has 0 aliphatic carbocycles. The van der Waals surface area contributed by atoms with Crippen molar-refractivity contribution in [2.75, 3.05) is 6.61 Å². The van der Waals surface area contributed by atoms with Crippen LogP contribution in [0.15, 0.2) is 0 Å². The molecule has 0 aromatic rings.